The second-order valence-electron chi connectivity index (χ2n) is 3.21. The molecule has 1 heterocycles. The molecular weight excluding hydrogens is 180 g/mol. The van der Waals surface area contributed by atoms with Crippen molar-refractivity contribution in [3.63, 3.8) is 0 Å². The number of nitrogens with one attached hydrogen (secondary N) is 4. The molecule has 1 fully saturated rings. The number of aryl methyl sites for hydroxylation is 1. The van der Waals surface area contributed by atoms with Gasteiger partial charge in [0.1, 0.15) is 6.17 Å². The Morgan fingerprint density at radius 3 is 2.21 bits per heavy atom. The third kappa shape index (κ3) is 1.84. The van der Waals surface area contributed by atoms with E-state index < -0.39 is 0 Å². The van der Waals surface area contributed by atoms with Gasteiger partial charge in [0.05, 0.1) is 0 Å². The minimum atomic E-state index is -0.284. The van der Waals surface area contributed by atoms with E-state index in [1.165, 1.54) is 5.56 Å². The maximum absolute atomic E-state index is 10.7. The number of amides is 2. The van der Waals surface area contributed by atoms with Crippen LogP contribution in [0.2, 0.25) is 0 Å². The molecule has 74 valence electrons. The Bertz CT molecular complexity index is 325. The number of carbonyl (C=O) groups is 1. The molecule has 0 atom stereocenters. The van der Waals surface area contributed by atoms with Crippen molar-refractivity contribution in [3.05, 3.63) is 35.4 Å². The Balaban J connectivity index is 2.08. The Morgan fingerprint density at radius 2 is 1.64 bits per heavy atom. The first-order valence-electron chi connectivity index (χ1n) is 4.39. The third-order valence-corrected chi connectivity index (χ3v) is 2.07. The van der Waals surface area contributed by atoms with Crippen molar-refractivity contribution in [1.29, 1.82) is 0 Å². The molecule has 0 aliphatic carbocycles. The van der Waals surface area contributed by atoms with Crippen molar-refractivity contribution in [2.75, 3.05) is 0 Å². The molecule has 0 radical (unpaired) electrons. The lowest BCUT2D eigenvalue weighted by Crippen LogP contribution is -2.61. The summed E-state index contributed by atoms with van der Waals surface area (Å²) in [5.41, 5.74) is 12.9. The van der Waals surface area contributed by atoms with Gasteiger partial charge in [-0.05, 0) is 12.5 Å². The molecule has 1 aromatic carbocycles. The number of carbonyl (C=O) groups excluding carboxylic acids is 1. The van der Waals surface area contributed by atoms with Crippen molar-refractivity contribution in [2.45, 2.75) is 13.1 Å². The average Bonchev–Trinajstić information content (AvgIpc) is 2.21. The van der Waals surface area contributed by atoms with Crippen LogP contribution >= 0.6 is 0 Å². The van der Waals surface area contributed by atoms with E-state index in [0.717, 1.165) is 5.56 Å². The molecule has 1 aromatic rings. The first-order valence-corrected chi connectivity index (χ1v) is 4.39. The molecule has 1 aliphatic heterocycles. The number of benzene rings is 1. The molecule has 1 saturated heterocycles. The molecule has 0 unspecified atom stereocenters. The van der Waals surface area contributed by atoms with Crippen molar-refractivity contribution in [3.8, 4) is 0 Å². The summed E-state index contributed by atoms with van der Waals surface area (Å²) in [5.74, 6) is 0. The molecule has 1 aliphatic rings. The second kappa shape index (κ2) is 3.65. The van der Waals surface area contributed by atoms with Gasteiger partial charge in [0, 0.05) is 0 Å². The predicted molar refractivity (Wildman–Crippen MR) is 51.9 cm³/mol. The Kier molecular flexibility index (Phi) is 2.34. The van der Waals surface area contributed by atoms with Gasteiger partial charge in [0.2, 0.25) is 0 Å². The summed E-state index contributed by atoms with van der Waals surface area (Å²) in [7, 11) is 0. The molecule has 0 aromatic heterocycles. The van der Waals surface area contributed by atoms with Crippen molar-refractivity contribution >= 4 is 6.03 Å². The maximum atomic E-state index is 10.7. The fraction of sp³-hybridized carbons (Fsp3) is 0.222. The molecule has 14 heavy (non-hydrogen) atoms. The van der Waals surface area contributed by atoms with Crippen LogP contribution in [0.4, 0.5) is 4.79 Å². The minimum Gasteiger partial charge on any atom is -0.270 e. The molecular formula is C9H12N4O. The highest BCUT2D eigenvalue weighted by Gasteiger charge is 2.16. The fourth-order valence-corrected chi connectivity index (χ4v) is 1.27. The van der Waals surface area contributed by atoms with Crippen LogP contribution < -0.4 is 21.7 Å². The quantitative estimate of drug-likeness (QED) is 0.518. The summed E-state index contributed by atoms with van der Waals surface area (Å²) >= 11 is 0. The van der Waals surface area contributed by atoms with Crippen LogP contribution in [0.5, 0.6) is 0 Å². The number of rotatable bonds is 1. The summed E-state index contributed by atoms with van der Waals surface area (Å²) in [6.45, 7) is 2.03. The molecule has 4 N–H and O–H groups in total. The second-order valence-corrected chi connectivity index (χ2v) is 3.21. The number of hydrazine groups is 2. The monoisotopic (exact) mass is 192 g/mol. The Labute approximate surface area is 81.8 Å². The molecule has 0 bridgehead atoms. The molecule has 2 amide bonds. The van der Waals surface area contributed by atoms with E-state index in [1.54, 1.807) is 0 Å². The van der Waals surface area contributed by atoms with Crippen LogP contribution in [0.15, 0.2) is 24.3 Å². The molecule has 2 rings (SSSR count). The lowest BCUT2D eigenvalue weighted by molar-refractivity contribution is 0.204. The topological polar surface area (TPSA) is 65.2 Å². The largest absolute Gasteiger partial charge is 0.343 e. The standard InChI is InChI=1S/C9H12N4O/c1-6-2-4-7(5-3-6)8-10-12-9(14)13-11-8/h2-5,8,10-11H,1H3,(H2,12,13,14). The van der Waals surface area contributed by atoms with Gasteiger partial charge in [-0.1, -0.05) is 29.8 Å². The zero-order chi connectivity index (χ0) is 9.97. The van der Waals surface area contributed by atoms with Crippen LogP contribution in [0.1, 0.15) is 17.3 Å². The first-order chi connectivity index (χ1) is 6.75. The van der Waals surface area contributed by atoms with Gasteiger partial charge in [-0.15, -0.1) is 0 Å². The van der Waals surface area contributed by atoms with Crippen LogP contribution in [0, 0.1) is 6.92 Å². The van der Waals surface area contributed by atoms with Gasteiger partial charge in [0.25, 0.3) is 0 Å². The lowest BCUT2D eigenvalue weighted by atomic mass is 10.1. The number of urea groups is 1. The molecule has 5 heteroatoms. The zero-order valence-electron chi connectivity index (χ0n) is 7.79. The van der Waals surface area contributed by atoms with Gasteiger partial charge >= 0.3 is 6.03 Å². The minimum absolute atomic E-state index is 0.103. The van der Waals surface area contributed by atoms with Gasteiger partial charge in [-0.3, -0.25) is 10.9 Å². The van der Waals surface area contributed by atoms with Crippen molar-refractivity contribution < 1.29 is 4.79 Å². The van der Waals surface area contributed by atoms with E-state index in [9.17, 15) is 4.79 Å². The SMILES string of the molecule is Cc1ccc(C2NNC(=O)NN2)cc1. The average molecular weight is 192 g/mol. The lowest BCUT2D eigenvalue weighted by Gasteiger charge is -2.26. The van der Waals surface area contributed by atoms with Crippen LogP contribution in [0.3, 0.4) is 0 Å². The summed E-state index contributed by atoms with van der Waals surface area (Å²) < 4.78 is 0. The van der Waals surface area contributed by atoms with Crippen LogP contribution in [0.25, 0.3) is 0 Å². The van der Waals surface area contributed by atoms with Crippen LogP contribution in [-0.4, -0.2) is 6.03 Å². The van der Waals surface area contributed by atoms with E-state index in [0.29, 0.717) is 0 Å². The highest BCUT2D eigenvalue weighted by Crippen LogP contribution is 2.10. The summed E-state index contributed by atoms with van der Waals surface area (Å²) in [4.78, 5) is 10.7. The highest BCUT2D eigenvalue weighted by atomic mass is 16.2. The summed E-state index contributed by atoms with van der Waals surface area (Å²) in [6, 6.07) is 7.76. The van der Waals surface area contributed by atoms with Crippen molar-refractivity contribution in [1.82, 2.24) is 21.7 Å². The highest BCUT2D eigenvalue weighted by molar-refractivity contribution is 5.73. The normalized spacial score (nSPS) is 17.4. The Hall–Kier alpha value is -1.59. The molecule has 0 saturated carbocycles. The van der Waals surface area contributed by atoms with Gasteiger partial charge in [0.15, 0.2) is 0 Å². The Morgan fingerprint density at radius 1 is 1.07 bits per heavy atom. The van der Waals surface area contributed by atoms with Crippen molar-refractivity contribution in [2.24, 2.45) is 0 Å². The van der Waals surface area contributed by atoms with E-state index in [1.807, 2.05) is 31.2 Å². The van der Waals surface area contributed by atoms with E-state index in [-0.39, 0.29) is 12.2 Å². The molecule has 0 spiro atoms. The maximum Gasteiger partial charge on any atom is 0.343 e. The molecule has 5 nitrogen and oxygen atoms in total. The predicted octanol–water partition coefficient (Wildman–Crippen LogP) is 0.316. The number of hydrogen-bond acceptors (Lipinski definition) is 3. The summed E-state index contributed by atoms with van der Waals surface area (Å²) in [6.07, 6.45) is -0.103. The third-order valence-electron chi connectivity index (χ3n) is 2.07. The number of hydrogen-bond donors (Lipinski definition) is 4. The zero-order valence-corrected chi connectivity index (χ0v) is 7.79. The van der Waals surface area contributed by atoms with Gasteiger partial charge < -0.3 is 0 Å². The van der Waals surface area contributed by atoms with Gasteiger partial charge in [-0.25, -0.2) is 15.6 Å². The fourth-order valence-electron chi connectivity index (χ4n) is 1.27. The first kappa shape index (κ1) is 8.98. The smallest absolute Gasteiger partial charge is 0.270 e. The van der Waals surface area contributed by atoms with Gasteiger partial charge in [-0.2, -0.15) is 0 Å². The van der Waals surface area contributed by atoms with Crippen LogP contribution in [-0.2, 0) is 0 Å². The van der Waals surface area contributed by atoms with E-state index in [4.69, 9.17) is 0 Å². The van der Waals surface area contributed by atoms with E-state index >= 15 is 0 Å². The summed E-state index contributed by atoms with van der Waals surface area (Å²) in [5, 5.41) is 0. The van der Waals surface area contributed by atoms with E-state index in [2.05, 4.69) is 21.7 Å².